The average molecular weight is 365 g/mol. The average Bonchev–Trinajstić information content (AvgIpc) is 2.49. The standard InChI is InChI=1S/C18H20FNO4S/c1-12-4-5-14(13(2)10-12)11-17(18(21)22)20(25(3,23)24)16-8-6-15(19)7-9-16/h4-10,17H,11H2,1-3H3,(H,21,22)/t17-/m1/s1. The number of rotatable bonds is 6. The summed E-state index contributed by atoms with van der Waals surface area (Å²) in [5, 5.41) is 9.65. The second kappa shape index (κ2) is 7.23. The number of nitrogens with zero attached hydrogens (tertiary/aromatic N) is 1. The molecule has 5 nitrogen and oxygen atoms in total. The van der Waals surface area contributed by atoms with Gasteiger partial charge in [-0.15, -0.1) is 0 Å². The van der Waals surface area contributed by atoms with Crippen LogP contribution in [0.4, 0.5) is 10.1 Å². The van der Waals surface area contributed by atoms with Crippen molar-refractivity contribution in [1.82, 2.24) is 0 Å². The Bertz CT molecular complexity index is 878. The summed E-state index contributed by atoms with van der Waals surface area (Å²) in [7, 11) is -3.89. The van der Waals surface area contributed by atoms with Crippen LogP contribution in [0.5, 0.6) is 0 Å². The Labute approximate surface area is 146 Å². The molecule has 0 unspecified atom stereocenters. The van der Waals surface area contributed by atoms with Crippen molar-refractivity contribution >= 4 is 21.7 Å². The van der Waals surface area contributed by atoms with Crippen LogP contribution in [0.2, 0.25) is 0 Å². The lowest BCUT2D eigenvalue weighted by molar-refractivity contribution is -0.138. The number of hydrogen-bond donors (Lipinski definition) is 1. The molecule has 0 aliphatic heterocycles. The van der Waals surface area contributed by atoms with E-state index in [0.717, 1.165) is 39.4 Å². The molecule has 0 fully saturated rings. The number of halogens is 1. The summed E-state index contributed by atoms with van der Waals surface area (Å²) in [6.45, 7) is 3.77. The molecule has 0 heterocycles. The van der Waals surface area contributed by atoms with E-state index < -0.39 is 27.9 Å². The van der Waals surface area contributed by atoms with E-state index in [-0.39, 0.29) is 12.1 Å². The second-order valence-electron chi connectivity index (χ2n) is 6.02. The number of carboxylic acids is 1. The number of aryl methyl sites for hydroxylation is 2. The van der Waals surface area contributed by atoms with E-state index in [1.54, 1.807) is 6.07 Å². The molecule has 0 spiro atoms. The molecule has 1 atom stereocenters. The highest BCUT2D eigenvalue weighted by Gasteiger charge is 2.33. The van der Waals surface area contributed by atoms with Gasteiger partial charge in [-0.3, -0.25) is 4.31 Å². The Morgan fingerprint density at radius 2 is 1.76 bits per heavy atom. The summed E-state index contributed by atoms with van der Waals surface area (Å²) < 4.78 is 38.5. The molecule has 134 valence electrons. The van der Waals surface area contributed by atoms with Crippen molar-refractivity contribution < 1.29 is 22.7 Å². The van der Waals surface area contributed by atoms with E-state index in [1.165, 1.54) is 12.1 Å². The summed E-state index contributed by atoms with van der Waals surface area (Å²) in [6, 6.07) is 8.95. The van der Waals surface area contributed by atoms with Crippen molar-refractivity contribution in [3.05, 3.63) is 65.0 Å². The quantitative estimate of drug-likeness (QED) is 0.854. The van der Waals surface area contributed by atoms with Crippen LogP contribution in [0, 0.1) is 19.7 Å². The van der Waals surface area contributed by atoms with Gasteiger partial charge in [0.15, 0.2) is 0 Å². The van der Waals surface area contributed by atoms with E-state index in [0.29, 0.717) is 0 Å². The van der Waals surface area contributed by atoms with Crippen molar-refractivity contribution in [3.8, 4) is 0 Å². The van der Waals surface area contributed by atoms with Gasteiger partial charge in [0.25, 0.3) is 0 Å². The summed E-state index contributed by atoms with van der Waals surface area (Å²) in [5.74, 6) is -1.80. The maximum absolute atomic E-state index is 13.2. The minimum atomic E-state index is -3.89. The lowest BCUT2D eigenvalue weighted by Gasteiger charge is -2.29. The van der Waals surface area contributed by atoms with Crippen LogP contribution in [-0.2, 0) is 21.2 Å². The Morgan fingerprint density at radius 3 is 2.24 bits per heavy atom. The van der Waals surface area contributed by atoms with Gasteiger partial charge in [-0.05, 0) is 49.2 Å². The molecule has 0 bridgehead atoms. The van der Waals surface area contributed by atoms with Crippen LogP contribution in [0.3, 0.4) is 0 Å². The van der Waals surface area contributed by atoms with Gasteiger partial charge in [0.1, 0.15) is 11.9 Å². The van der Waals surface area contributed by atoms with Crippen molar-refractivity contribution in [3.63, 3.8) is 0 Å². The second-order valence-corrected chi connectivity index (χ2v) is 7.88. The minimum Gasteiger partial charge on any atom is -0.480 e. The van der Waals surface area contributed by atoms with E-state index in [2.05, 4.69) is 0 Å². The number of carboxylic acid groups (broad SMARTS) is 1. The summed E-state index contributed by atoms with van der Waals surface area (Å²) in [6.07, 6.45) is 0.945. The number of sulfonamides is 1. The number of hydrogen-bond acceptors (Lipinski definition) is 3. The van der Waals surface area contributed by atoms with Crippen molar-refractivity contribution in [2.75, 3.05) is 10.6 Å². The maximum Gasteiger partial charge on any atom is 0.327 e. The largest absolute Gasteiger partial charge is 0.480 e. The Morgan fingerprint density at radius 1 is 1.16 bits per heavy atom. The predicted molar refractivity (Wildman–Crippen MR) is 94.8 cm³/mol. The van der Waals surface area contributed by atoms with Gasteiger partial charge in [0.05, 0.1) is 11.9 Å². The molecular weight excluding hydrogens is 345 g/mol. The fourth-order valence-corrected chi connectivity index (χ4v) is 3.88. The number of carbonyl (C=O) groups is 1. The topological polar surface area (TPSA) is 74.7 Å². The number of benzene rings is 2. The zero-order chi connectivity index (χ0) is 18.8. The van der Waals surface area contributed by atoms with E-state index in [4.69, 9.17) is 0 Å². The zero-order valence-corrected chi connectivity index (χ0v) is 15.0. The molecule has 2 aromatic carbocycles. The third kappa shape index (κ3) is 4.57. The van der Waals surface area contributed by atoms with Gasteiger partial charge in [0.2, 0.25) is 10.0 Å². The van der Waals surface area contributed by atoms with Crippen molar-refractivity contribution in [1.29, 1.82) is 0 Å². The summed E-state index contributed by atoms with van der Waals surface area (Å²) in [4.78, 5) is 11.8. The molecule has 2 rings (SSSR count). The van der Waals surface area contributed by atoms with Crippen LogP contribution in [0.1, 0.15) is 16.7 Å². The van der Waals surface area contributed by atoms with Crippen LogP contribution in [0.15, 0.2) is 42.5 Å². The SMILES string of the molecule is Cc1ccc(C[C@H](C(=O)O)N(c2ccc(F)cc2)S(C)(=O)=O)c(C)c1. The normalized spacial score (nSPS) is 12.6. The van der Waals surface area contributed by atoms with E-state index in [1.807, 2.05) is 26.0 Å². The molecule has 2 aromatic rings. The highest BCUT2D eigenvalue weighted by atomic mass is 32.2. The van der Waals surface area contributed by atoms with Crippen LogP contribution in [0.25, 0.3) is 0 Å². The first-order chi connectivity index (χ1) is 11.6. The molecule has 0 radical (unpaired) electrons. The fourth-order valence-electron chi connectivity index (χ4n) is 2.74. The lowest BCUT2D eigenvalue weighted by atomic mass is 9.99. The minimum absolute atomic E-state index is 0.00585. The van der Waals surface area contributed by atoms with Crippen LogP contribution < -0.4 is 4.31 Å². The van der Waals surface area contributed by atoms with Gasteiger partial charge < -0.3 is 5.11 Å². The fraction of sp³-hybridized carbons (Fsp3) is 0.278. The van der Waals surface area contributed by atoms with E-state index in [9.17, 15) is 22.7 Å². The van der Waals surface area contributed by atoms with Crippen LogP contribution in [-0.4, -0.2) is 31.8 Å². The van der Waals surface area contributed by atoms with Gasteiger partial charge in [-0.25, -0.2) is 17.6 Å². The predicted octanol–water partition coefficient (Wildman–Crippen LogP) is 2.90. The third-order valence-electron chi connectivity index (χ3n) is 3.92. The summed E-state index contributed by atoms with van der Waals surface area (Å²) in [5.41, 5.74) is 2.78. The Kier molecular flexibility index (Phi) is 5.47. The highest BCUT2D eigenvalue weighted by Crippen LogP contribution is 2.24. The van der Waals surface area contributed by atoms with E-state index >= 15 is 0 Å². The molecule has 1 N–H and O–H groups in total. The van der Waals surface area contributed by atoms with Gasteiger partial charge >= 0.3 is 5.97 Å². The Hall–Kier alpha value is -2.41. The monoisotopic (exact) mass is 365 g/mol. The third-order valence-corrected chi connectivity index (χ3v) is 5.10. The van der Waals surface area contributed by atoms with Crippen molar-refractivity contribution in [2.24, 2.45) is 0 Å². The first kappa shape index (κ1) is 18.9. The van der Waals surface area contributed by atoms with Crippen LogP contribution >= 0.6 is 0 Å². The molecule has 0 aromatic heterocycles. The molecule has 0 aliphatic rings. The van der Waals surface area contributed by atoms with Gasteiger partial charge in [0, 0.05) is 6.42 Å². The molecular formula is C18H20FNO4S. The molecule has 0 saturated heterocycles. The molecule has 0 saturated carbocycles. The maximum atomic E-state index is 13.2. The highest BCUT2D eigenvalue weighted by molar-refractivity contribution is 7.92. The first-order valence-corrected chi connectivity index (χ1v) is 9.48. The summed E-state index contributed by atoms with van der Waals surface area (Å²) >= 11 is 0. The Balaban J connectivity index is 2.50. The smallest absolute Gasteiger partial charge is 0.327 e. The number of aliphatic carboxylic acids is 1. The zero-order valence-electron chi connectivity index (χ0n) is 14.2. The lowest BCUT2D eigenvalue weighted by Crippen LogP contribution is -2.46. The molecule has 0 amide bonds. The molecule has 25 heavy (non-hydrogen) atoms. The molecule has 0 aliphatic carbocycles. The number of anilines is 1. The van der Waals surface area contributed by atoms with Crippen molar-refractivity contribution in [2.45, 2.75) is 26.3 Å². The van der Waals surface area contributed by atoms with Gasteiger partial charge in [-0.2, -0.15) is 0 Å². The first-order valence-electron chi connectivity index (χ1n) is 7.63. The van der Waals surface area contributed by atoms with Gasteiger partial charge in [-0.1, -0.05) is 23.8 Å². The molecule has 7 heteroatoms.